The van der Waals surface area contributed by atoms with Crippen molar-refractivity contribution in [1.29, 1.82) is 0 Å². The highest BCUT2D eigenvalue weighted by Gasteiger charge is 2.57. The molecular weight excluding hydrogens is 537 g/mol. The Balaban J connectivity index is 1.90. The van der Waals surface area contributed by atoms with Crippen molar-refractivity contribution >= 4 is 17.5 Å². The van der Waals surface area contributed by atoms with Gasteiger partial charge in [-0.15, -0.1) is 0 Å². The van der Waals surface area contributed by atoms with Crippen LogP contribution < -0.4 is 15.7 Å². The minimum absolute atomic E-state index is 0.0146. The van der Waals surface area contributed by atoms with Crippen molar-refractivity contribution in [3.05, 3.63) is 63.5 Å². The lowest BCUT2D eigenvalue weighted by Crippen LogP contribution is -2.56. The number of aromatic nitrogens is 3. The third kappa shape index (κ3) is 7.15. The molecule has 0 fully saturated rings. The lowest BCUT2D eigenvalue weighted by molar-refractivity contribution is -0.254. The predicted octanol–water partition coefficient (Wildman–Crippen LogP) is 5.72. The van der Waals surface area contributed by atoms with Crippen molar-refractivity contribution in [2.45, 2.75) is 52.4 Å². The van der Waals surface area contributed by atoms with Crippen molar-refractivity contribution in [3.63, 3.8) is 0 Å². The van der Waals surface area contributed by atoms with Crippen molar-refractivity contribution in [2.24, 2.45) is 5.41 Å². The molecule has 0 aliphatic rings. The van der Waals surface area contributed by atoms with Gasteiger partial charge in [0, 0.05) is 18.2 Å². The average Bonchev–Trinajstić information content (AvgIpc) is 2.85. The summed E-state index contributed by atoms with van der Waals surface area (Å²) in [5.74, 6) is -0.463. The van der Waals surface area contributed by atoms with Gasteiger partial charge in [-0.1, -0.05) is 38.4 Å². The topological polar surface area (TPSA) is 106 Å². The van der Waals surface area contributed by atoms with Crippen LogP contribution in [0.4, 0.5) is 13.2 Å². The summed E-state index contributed by atoms with van der Waals surface area (Å²) < 4.78 is 50.5. The molecule has 0 aliphatic carbocycles. The number of benzene rings is 2. The van der Waals surface area contributed by atoms with Crippen LogP contribution in [-0.2, 0) is 9.53 Å². The second-order valence-corrected chi connectivity index (χ2v) is 10.8. The van der Waals surface area contributed by atoms with E-state index in [1.165, 1.54) is 19.1 Å². The molecule has 0 bridgehead atoms. The van der Waals surface area contributed by atoms with E-state index >= 15 is 0 Å². The Morgan fingerprint density at radius 3 is 2.28 bits per heavy atom. The van der Waals surface area contributed by atoms with Gasteiger partial charge in [-0.3, -0.25) is 9.78 Å². The molecule has 210 valence electrons. The van der Waals surface area contributed by atoms with Gasteiger partial charge in [0.2, 0.25) is 5.60 Å². The second-order valence-electron chi connectivity index (χ2n) is 10.4. The maximum absolute atomic E-state index is 13.4. The van der Waals surface area contributed by atoms with Crippen LogP contribution in [0.5, 0.6) is 5.75 Å². The first-order valence-electron chi connectivity index (χ1n) is 12.0. The number of rotatable bonds is 8. The number of nitrogens with one attached hydrogen (secondary N) is 2. The van der Waals surface area contributed by atoms with E-state index < -0.39 is 29.4 Å². The number of methoxy groups -OCH3 is 1. The van der Waals surface area contributed by atoms with Gasteiger partial charge in [0.15, 0.2) is 5.82 Å². The number of amides is 1. The maximum atomic E-state index is 13.4. The normalized spacial score (nSPS) is 14.4. The summed E-state index contributed by atoms with van der Waals surface area (Å²) in [6, 6.07) is 10.6. The fourth-order valence-electron chi connectivity index (χ4n) is 3.39. The van der Waals surface area contributed by atoms with Crippen LogP contribution in [0, 0.1) is 5.41 Å². The third-order valence-corrected chi connectivity index (χ3v) is 6.24. The number of alkyl halides is 3. The van der Waals surface area contributed by atoms with Crippen molar-refractivity contribution < 1.29 is 27.4 Å². The van der Waals surface area contributed by atoms with Gasteiger partial charge < -0.3 is 14.8 Å². The van der Waals surface area contributed by atoms with Crippen LogP contribution in [0.25, 0.3) is 22.8 Å². The molecule has 8 nitrogen and oxygen atoms in total. The van der Waals surface area contributed by atoms with Gasteiger partial charge in [0.1, 0.15) is 11.6 Å². The van der Waals surface area contributed by atoms with Gasteiger partial charge in [-0.2, -0.15) is 18.2 Å². The van der Waals surface area contributed by atoms with Crippen LogP contribution in [0.2, 0.25) is 5.02 Å². The van der Waals surface area contributed by atoms with E-state index in [0.29, 0.717) is 36.0 Å². The molecule has 0 saturated carbocycles. The Kier molecular flexibility index (Phi) is 8.76. The minimum Gasteiger partial charge on any atom is -0.493 e. The van der Waals surface area contributed by atoms with E-state index in [-0.39, 0.29) is 22.1 Å². The summed E-state index contributed by atoms with van der Waals surface area (Å²) in [5, 5.41) is 2.54. The van der Waals surface area contributed by atoms with E-state index in [4.69, 9.17) is 16.3 Å². The van der Waals surface area contributed by atoms with Gasteiger partial charge in [0.25, 0.3) is 5.91 Å². The molecule has 3 rings (SSSR count). The number of hydrogen-bond acceptors (Lipinski definition) is 6. The Labute approximate surface area is 228 Å². The Hall–Kier alpha value is -3.44. The Morgan fingerprint density at radius 2 is 1.72 bits per heavy atom. The average molecular weight is 567 g/mol. The fourth-order valence-corrected chi connectivity index (χ4v) is 3.60. The molecule has 2 unspecified atom stereocenters. The first kappa shape index (κ1) is 30.1. The highest BCUT2D eigenvalue weighted by molar-refractivity contribution is 6.33. The lowest BCUT2D eigenvalue weighted by atomic mass is 9.99. The summed E-state index contributed by atoms with van der Waals surface area (Å²) in [6.45, 7) is 8.85. The third-order valence-electron chi connectivity index (χ3n) is 5.91. The molecule has 39 heavy (non-hydrogen) atoms. The largest absolute Gasteiger partial charge is 0.493 e. The summed E-state index contributed by atoms with van der Waals surface area (Å²) in [6.07, 6.45) is -4.93. The van der Waals surface area contributed by atoms with Crippen LogP contribution in [0.15, 0.2) is 47.3 Å². The number of carbonyl (C=O) groups excluding carboxylic acids is 1. The predicted molar refractivity (Wildman–Crippen MR) is 142 cm³/mol. The summed E-state index contributed by atoms with van der Waals surface area (Å²) in [7, 11) is 0.813. The van der Waals surface area contributed by atoms with Crippen LogP contribution in [0.1, 0.15) is 46.2 Å². The van der Waals surface area contributed by atoms with Gasteiger partial charge in [-0.05, 0) is 61.2 Å². The molecular formula is C27H30ClF3N4O4. The molecule has 2 atom stereocenters. The quantitative estimate of drug-likeness (QED) is 0.361. The number of nitrogens with zero attached hydrogens (tertiary/aromatic N) is 2. The molecule has 1 heterocycles. The second kappa shape index (κ2) is 11.4. The summed E-state index contributed by atoms with van der Waals surface area (Å²) >= 11 is 6.38. The number of halogens is 4. The molecule has 3 aromatic rings. The molecule has 0 spiro atoms. The zero-order chi connectivity index (χ0) is 29.2. The highest BCUT2D eigenvalue weighted by Crippen LogP contribution is 2.34. The monoisotopic (exact) mass is 566 g/mol. The number of H-pyrrole nitrogens is 1. The molecule has 0 saturated heterocycles. The number of hydrogen-bond donors (Lipinski definition) is 2. The number of ether oxygens (including phenoxy) is 2. The van der Waals surface area contributed by atoms with E-state index in [1.807, 2.05) is 0 Å². The van der Waals surface area contributed by atoms with Gasteiger partial charge in [0.05, 0.1) is 17.7 Å². The standard InChI is InChI=1S/C27H30ClF3N4O4/c1-15(32-23(36)26(5,38-6)27(29,30)31)17-9-12-20(28)19(13-17)22-33-21(34-24(37)35-22)16-7-10-18(11-8-16)39-14-25(2,3)4/h7-13,15H,14H2,1-6H3,(H,32,36)(H,33,34,35,37). The van der Waals surface area contributed by atoms with E-state index in [0.717, 1.165) is 7.11 Å². The van der Waals surface area contributed by atoms with E-state index in [1.54, 1.807) is 30.3 Å². The van der Waals surface area contributed by atoms with Crippen molar-refractivity contribution in [1.82, 2.24) is 20.3 Å². The summed E-state index contributed by atoms with van der Waals surface area (Å²) in [5.41, 5.74) is -2.44. The SMILES string of the molecule is COC(C)(C(=O)NC(C)c1ccc(Cl)c(-c2nc(-c3ccc(OCC(C)(C)C)cc3)nc(=O)[nH]2)c1)C(F)(F)F. The summed E-state index contributed by atoms with van der Waals surface area (Å²) in [4.78, 5) is 35.8. The first-order valence-corrected chi connectivity index (χ1v) is 12.4. The van der Waals surface area contributed by atoms with E-state index in [2.05, 4.69) is 45.8 Å². The van der Waals surface area contributed by atoms with Crippen molar-refractivity contribution in [3.8, 4) is 28.5 Å². The minimum atomic E-state index is -4.93. The zero-order valence-corrected chi connectivity index (χ0v) is 23.1. The van der Waals surface area contributed by atoms with Gasteiger partial charge in [-0.25, -0.2) is 9.78 Å². The highest BCUT2D eigenvalue weighted by atomic mass is 35.5. The molecule has 1 amide bonds. The van der Waals surface area contributed by atoms with Crippen LogP contribution in [-0.4, -0.2) is 46.4 Å². The number of carbonyl (C=O) groups is 1. The first-order chi connectivity index (χ1) is 18.0. The lowest BCUT2D eigenvalue weighted by Gasteiger charge is -2.30. The number of aromatic amines is 1. The van der Waals surface area contributed by atoms with Crippen LogP contribution in [0.3, 0.4) is 0 Å². The van der Waals surface area contributed by atoms with E-state index in [9.17, 15) is 22.8 Å². The molecule has 0 radical (unpaired) electrons. The molecule has 2 aromatic carbocycles. The van der Waals surface area contributed by atoms with Crippen molar-refractivity contribution in [2.75, 3.05) is 13.7 Å². The zero-order valence-electron chi connectivity index (χ0n) is 22.4. The molecule has 0 aliphatic heterocycles. The van der Waals surface area contributed by atoms with Crippen LogP contribution >= 0.6 is 11.6 Å². The Bertz CT molecular complexity index is 1390. The molecule has 1 aromatic heterocycles. The Morgan fingerprint density at radius 1 is 1.08 bits per heavy atom. The molecule has 12 heteroatoms. The fraction of sp³-hybridized carbons (Fsp3) is 0.407. The smallest absolute Gasteiger partial charge is 0.426 e. The van der Waals surface area contributed by atoms with Gasteiger partial charge >= 0.3 is 11.9 Å². The maximum Gasteiger partial charge on any atom is 0.426 e. The molecule has 2 N–H and O–H groups in total.